The van der Waals surface area contributed by atoms with Crippen molar-refractivity contribution in [2.24, 2.45) is 11.1 Å². The Morgan fingerprint density at radius 1 is 1.33 bits per heavy atom. The van der Waals surface area contributed by atoms with Crippen molar-refractivity contribution in [3.63, 3.8) is 0 Å². The Labute approximate surface area is 127 Å². The van der Waals surface area contributed by atoms with Crippen LogP contribution in [-0.2, 0) is 16.6 Å². The van der Waals surface area contributed by atoms with E-state index in [9.17, 15) is 4.79 Å². The second-order valence-corrected chi connectivity index (χ2v) is 6.85. The molecule has 0 saturated heterocycles. The summed E-state index contributed by atoms with van der Waals surface area (Å²) in [4.78, 5) is 11.9. The van der Waals surface area contributed by atoms with Gasteiger partial charge in [-0.1, -0.05) is 26.8 Å². The van der Waals surface area contributed by atoms with Crippen molar-refractivity contribution >= 4 is 5.97 Å². The number of aryl methyl sites for hydroxylation is 1. The lowest BCUT2D eigenvalue weighted by Crippen LogP contribution is -2.44. The summed E-state index contributed by atoms with van der Waals surface area (Å²) in [7, 11) is 0. The molecule has 1 aliphatic rings. The zero-order valence-corrected chi connectivity index (χ0v) is 13.7. The minimum absolute atomic E-state index is 0.0581. The first-order valence-electron chi connectivity index (χ1n) is 7.86. The molecule has 3 heteroatoms. The molecule has 1 atom stereocenters. The topological polar surface area (TPSA) is 52.3 Å². The van der Waals surface area contributed by atoms with E-state index in [2.05, 4.69) is 26.8 Å². The number of rotatable bonds is 4. The maximum absolute atomic E-state index is 11.9. The Morgan fingerprint density at radius 2 is 2.05 bits per heavy atom. The van der Waals surface area contributed by atoms with Crippen molar-refractivity contribution in [1.82, 2.24) is 0 Å². The van der Waals surface area contributed by atoms with E-state index in [4.69, 9.17) is 10.5 Å². The average molecular weight is 289 g/mol. The molecule has 2 N–H and O–H groups in total. The first-order chi connectivity index (χ1) is 9.85. The predicted molar refractivity (Wildman–Crippen MR) is 85.5 cm³/mol. The second-order valence-electron chi connectivity index (χ2n) is 6.85. The lowest BCUT2D eigenvalue weighted by molar-refractivity contribution is 0.0526. The van der Waals surface area contributed by atoms with Gasteiger partial charge in [-0.25, -0.2) is 4.79 Å². The molecule has 1 aromatic carbocycles. The SMILES string of the molecule is CCOC(=O)c1ccc2c(c1)CCC(C)(C)C2(C)CCN. The zero-order valence-electron chi connectivity index (χ0n) is 13.7. The molecular weight excluding hydrogens is 262 g/mol. The van der Waals surface area contributed by atoms with Gasteiger partial charge in [-0.3, -0.25) is 0 Å². The molecule has 0 fully saturated rings. The molecule has 2 rings (SSSR count). The number of hydrogen-bond donors (Lipinski definition) is 1. The normalized spacial score (nSPS) is 23.5. The fourth-order valence-corrected chi connectivity index (χ4v) is 3.53. The van der Waals surface area contributed by atoms with Gasteiger partial charge < -0.3 is 10.5 Å². The van der Waals surface area contributed by atoms with Gasteiger partial charge >= 0.3 is 5.97 Å². The minimum Gasteiger partial charge on any atom is -0.462 e. The molecule has 0 saturated carbocycles. The van der Waals surface area contributed by atoms with Crippen LogP contribution in [-0.4, -0.2) is 19.1 Å². The third-order valence-electron chi connectivity index (χ3n) is 5.37. The fraction of sp³-hybridized carbons (Fsp3) is 0.611. The summed E-state index contributed by atoms with van der Waals surface area (Å²) in [5.74, 6) is -0.231. The van der Waals surface area contributed by atoms with Crippen molar-refractivity contribution in [3.05, 3.63) is 34.9 Å². The van der Waals surface area contributed by atoms with E-state index in [1.807, 2.05) is 19.1 Å². The van der Waals surface area contributed by atoms with Gasteiger partial charge in [-0.05, 0) is 66.8 Å². The van der Waals surface area contributed by atoms with Crippen molar-refractivity contribution in [2.45, 2.75) is 52.4 Å². The Morgan fingerprint density at radius 3 is 2.67 bits per heavy atom. The molecule has 0 bridgehead atoms. The summed E-state index contributed by atoms with van der Waals surface area (Å²) >= 11 is 0. The summed E-state index contributed by atoms with van der Waals surface area (Å²) in [6.07, 6.45) is 3.09. The Kier molecular flexibility index (Phi) is 4.43. The second kappa shape index (κ2) is 5.80. The summed E-state index contributed by atoms with van der Waals surface area (Å²) in [6.45, 7) is 9.88. The molecule has 116 valence electrons. The highest BCUT2D eigenvalue weighted by molar-refractivity contribution is 5.89. The molecule has 1 aliphatic carbocycles. The van der Waals surface area contributed by atoms with Gasteiger partial charge in [0, 0.05) is 0 Å². The van der Waals surface area contributed by atoms with Crippen LogP contribution in [0.5, 0.6) is 0 Å². The molecule has 0 aromatic heterocycles. The predicted octanol–water partition coefficient (Wildman–Crippen LogP) is 3.44. The number of hydrogen-bond acceptors (Lipinski definition) is 3. The molecule has 0 amide bonds. The monoisotopic (exact) mass is 289 g/mol. The van der Waals surface area contributed by atoms with E-state index in [1.165, 1.54) is 11.1 Å². The van der Waals surface area contributed by atoms with Gasteiger partial charge in [0.1, 0.15) is 0 Å². The first-order valence-corrected chi connectivity index (χ1v) is 7.86. The van der Waals surface area contributed by atoms with Crippen LogP contribution >= 0.6 is 0 Å². The van der Waals surface area contributed by atoms with Crippen LogP contribution in [0, 0.1) is 5.41 Å². The van der Waals surface area contributed by atoms with Gasteiger partial charge in [0.15, 0.2) is 0 Å². The Balaban J connectivity index is 2.44. The summed E-state index contributed by atoms with van der Waals surface area (Å²) in [5, 5.41) is 0. The highest BCUT2D eigenvalue weighted by Gasteiger charge is 2.45. The van der Waals surface area contributed by atoms with Gasteiger partial charge in [0.05, 0.1) is 12.2 Å². The van der Waals surface area contributed by atoms with Crippen molar-refractivity contribution in [2.75, 3.05) is 13.2 Å². The van der Waals surface area contributed by atoms with Crippen LogP contribution in [0.15, 0.2) is 18.2 Å². The van der Waals surface area contributed by atoms with Crippen LogP contribution in [0.1, 0.15) is 62.0 Å². The van der Waals surface area contributed by atoms with E-state index in [0.717, 1.165) is 19.3 Å². The van der Waals surface area contributed by atoms with Gasteiger partial charge in [0.25, 0.3) is 0 Å². The van der Waals surface area contributed by atoms with Crippen molar-refractivity contribution in [3.8, 4) is 0 Å². The van der Waals surface area contributed by atoms with Gasteiger partial charge in [-0.2, -0.15) is 0 Å². The fourth-order valence-electron chi connectivity index (χ4n) is 3.53. The van der Waals surface area contributed by atoms with E-state index >= 15 is 0 Å². The number of ether oxygens (including phenoxy) is 1. The number of carbonyl (C=O) groups excluding carboxylic acids is 1. The average Bonchev–Trinajstić information content (AvgIpc) is 2.44. The van der Waals surface area contributed by atoms with E-state index in [0.29, 0.717) is 18.7 Å². The smallest absolute Gasteiger partial charge is 0.338 e. The van der Waals surface area contributed by atoms with E-state index in [-0.39, 0.29) is 16.8 Å². The molecule has 1 aromatic rings. The third-order valence-corrected chi connectivity index (χ3v) is 5.37. The van der Waals surface area contributed by atoms with Crippen molar-refractivity contribution < 1.29 is 9.53 Å². The molecule has 21 heavy (non-hydrogen) atoms. The molecular formula is C18H27NO2. The van der Waals surface area contributed by atoms with Crippen LogP contribution in [0.25, 0.3) is 0 Å². The van der Waals surface area contributed by atoms with Crippen LogP contribution in [0.4, 0.5) is 0 Å². The van der Waals surface area contributed by atoms with Crippen LogP contribution in [0.2, 0.25) is 0 Å². The Bertz CT molecular complexity index is 536. The van der Waals surface area contributed by atoms with E-state index < -0.39 is 0 Å². The van der Waals surface area contributed by atoms with Gasteiger partial charge in [0.2, 0.25) is 0 Å². The molecule has 3 nitrogen and oxygen atoms in total. The number of esters is 1. The number of benzene rings is 1. The third kappa shape index (κ3) is 2.71. The van der Waals surface area contributed by atoms with E-state index in [1.54, 1.807) is 0 Å². The Hall–Kier alpha value is -1.35. The summed E-state index contributed by atoms with van der Waals surface area (Å²) < 4.78 is 5.10. The molecule has 0 heterocycles. The van der Waals surface area contributed by atoms with Crippen LogP contribution < -0.4 is 5.73 Å². The van der Waals surface area contributed by atoms with Crippen LogP contribution in [0.3, 0.4) is 0 Å². The minimum atomic E-state index is -0.231. The quantitative estimate of drug-likeness (QED) is 0.864. The lowest BCUT2D eigenvalue weighted by Gasteiger charge is -2.49. The highest BCUT2D eigenvalue weighted by atomic mass is 16.5. The summed E-state index contributed by atoms with van der Waals surface area (Å²) in [5.41, 5.74) is 9.41. The van der Waals surface area contributed by atoms with Gasteiger partial charge in [-0.15, -0.1) is 0 Å². The largest absolute Gasteiger partial charge is 0.462 e. The molecule has 0 radical (unpaired) electrons. The van der Waals surface area contributed by atoms with Crippen molar-refractivity contribution in [1.29, 1.82) is 0 Å². The lowest BCUT2D eigenvalue weighted by atomic mass is 9.55. The maximum atomic E-state index is 11.9. The standard InChI is InChI=1S/C18H27NO2/c1-5-21-16(20)14-6-7-15-13(12-14)8-9-17(2,3)18(15,4)10-11-19/h6-7,12H,5,8-11,19H2,1-4H3. The highest BCUT2D eigenvalue weighted by Crippen LogP contribution is 2.51. The molecule has 1 unspecified atom stereocenters. The maximum Gasteiger partial charge on any atom is 0.338 e. The number of nitrogens with two attached hydrogens (primary N) is 1. The first kappa shape index (κ1) is 16.0. The molecule has 0 spiro atoms. The zero-order chi connectivity index (χ0) is 15.7. The summed E-state index contributed by atoms with van der Waals surface area (Å²) in [6, 6.07) is 6.02. The molecule has 0 aliphatic heterocycles. The number of carbonyl (C=O) groups is 1. The number of fused-ring (bicyclic) bond motifs is 1.